The molecule has 1 aromatic heterocycles. The molecule has 0 aliphatic carbocycles. The van der Waals surface area contributed by atoms with E-state index in [1.807, 2.05) is 0 Å². The SMILES string of the molecule is C=CC1OC(C=C)c2c1c(O)n(CCN)c2O. The fraction of sp³-hybridized carbons (Fsp3) is 0.333. The second kappa shape index (κ2) is 4.27. The molecule has 17 heavy (non-hydrogen) atoms. The number of hydrogen-bond acceptors (Lipinski definition) is 4. The zero-order valence-electron chi connectivity index (χ0n) is 9.47. The average molecular weight is 236 g/mol. The number of rotatable bonds is 4. The Kier molecular flexibility index (Phi) is 2.95. The van der Waals surface area contributed by atoms with Gasteiger partial charge in [-0.3, -0.25) is 4.57 Å². The number of hydrogen-bond donors (Lipinski definition) is 3. The molecule has 5 nitrogen and oxygen atoms in total. The first-order chi connectivity index (χ1) is 8.15. The second-order valence-electron chi connectivity index (χ2n) is 3.86. The minimum absolute atomic E-state index is 0.0165. The summed E-state index contributed by atoms with van der Waals surface area (Å²) in [7, 11) is 0. The quantitative estimate of drug-likeness (QED) is 0.689. The molecule has 2 rings (SSSR count). The van der Waals surface area contributed by atoms with Gasteiger partial charge in [0.1, 0.15) is 12.2 Å². The molecule has 1 aromatic rings. The third kappa shape index (κ3) is 1.55. The monoisotopic (exact) mass is 236 g/mol. The summed E-state index contributed by atoms with van der Waals surface area (Å²) in [5.74, 6) is -0.0330. The van der Waals surface area contributed by atoms with Gasteiger partial charge in [0.05, 0.1) is 11.1 Å². The Morgan fingerprint density at radius 1 is 1.18 bits per heavy atom. The summed E-state index contributed by atoms with van der Waals surface area (Å²) in [6.07, 6.45) is 2.29. The molecule has 2 atom stereocenters. The van der Waals surface area contributed by atoms with Crippen LogP contribution in [0.4, 0.5) is 0 Å². The fourth-order valence-electron chi connectivity index (χ4n) is 2.17. The molecule has 92 valence electrons. The lowest BCUT2D eigenvalue weighted by Gasteiger charge is -2.12. The van der Waals surface area contributed by atoms with Crippen molar-refractivity contribution in [1.29, 1.82) is 0 Å². The zero-order chi connectivity index (χ0) is 12.6. The molecule has 0 amide bonds. The van der Waals surface area contributed by atoms with Crippen LogP contribution in [0.2, 0.25) is 0 Å². The Bertz CT molecular complexity index is 427. The van der Waals surface area contributed by atoms with E-state index in [9.17, 15) is 10.2 Å². The summed E-state index contributed by atoms with van der Waals surface area (Å²) in [4.78, 5) is 0. The summed E-state index contributed by atoms with van der Waals surface area (Å²) in [5.41, 5.74) is 6.54. The van der Waals surface area contributed by atoms with Crippen LogP contribution >= 0.6 is 0 Å². The molecule has 0 radical (unpaired) electrons. The largest absolute Gasteiger partial charge is 0.494 e. The first-order valence-corrected chi connectivity index (χ1v) is 5.40. The van der Waals surface area contributed by atoms with Crippen molar-refractivity contribution < 1.29 is 14.9 Å². The van der Waals surface area contributed by atoms with Gasteiger partial charge in [-0.2, -0.15) is 0 Å². The zero-order valence-corrected chi connectivity index (χ0v) is 9.47. The van der Waals surface area contributed by atoms with E-state index in [1.54, 1.807) is 12.2 Å². The Morgan fingerprint density at radius 3 is 2.00 bits per heavy atom. The minimum Gasteiger partial charge on any atom is -0.494 e. The van der Waals surface area contributed by atoms with Gasteiger partial charge in [-0.05, 0) is 0 Å². The van der Waals surface area contributed by atoms with Crippen molar-refractivity contribution >= 4 is 0 Å². The molecule has 1 aliphatic rings. The summed E-state index contributed by atoms with van der Waals surface area (Å²) < 4.78 is 6.94. The molecule has 0 fully saturated rings. The number of aromatic nitrogens is 1. The highest BCUT2D eigenvalue weighted by molar-refractivity contribution is 5.52. The lowest BCUT2D eigenvalue weighted by atomic mass is 10.1. The minimum atomic E-state index is -0.432. The standard InChI is InChI=1S/C12H16N2O3/c1-3-7-9-10(8(4-2)17-7)12(16)14(6-5-13)11(9)15/h3-4,7-8,15-16H,1-2,5-6,13H2. The summed E-state index contributed by atoms with van der Waals surface area (Å²) >= 11 is 0. The van der Waals surface area contributed by atoms with Crippen LogP contribution < -0.4 is 5.73 Å². The molecule has 0 saturated heterocycles. The Balaban J connectivity index is 2.59. The van der Waals surface area contributed by atoms with E-state index in [2.05, 4.69) is 13.2 Å². The van der Waals surface area contributed by atoms with E-state index in [0.717, 1.165) is 0 Å². The van der Waals surface area contributed by atoms with Crippen molar-refractivity contribution in [2.45, 2.75) is 18.8 Å². The van der Waals surface area contributed by atoms with Gasteiger partial charge in [0.15, 0.2) is 0 Å². The maximum absolute atomic E-state index is 10.1. The van der Waals surface area contributed by atoms with Gasteiger partial charge < -0.3 is 20.7 Å². The van der Waals surface area contributed by atoms with Gasteiger partial charge in [-0.15, -0.1) is 13.2 Å². The highest BCUT2D eigenvalue weighted by atomic mass is 16.5. The average Bonchev–Trinajstić information content (AvgIpc) is 2.82. The highest BCUT2D eigenvalue weighted by Crippen LogP contribution is 2.50. The molecule has 0 spiro atoms. The number of nitrogens with zero attached hydrogens (tertiary/aromatic N) is 1. The highest BCUT2D eigenvalue weighted by Gasteiger charge is 2.38. The molecule has 1 aliphatic heterocycles. The fourth-order valence-corrected chi connectivity index (χ4v) is 2.17. The van der Waals surface area contributed by atoms with Gasteiger partial charge in [0, 0.05) is 13.1 Å². The van der Waals surface area contributed by atoms with Crippen LogP contribution in [-0.4, -0.2) is 21.3 Å². The van der Waals surface area contributed by atoms with Crippen molar-refractivity contribution in [2.24, 2.45) is 5.73 Å². The predicted octanol–water partition coefficient (Wildman–Crippen LogP) is 1.34. The van der Waals surface area contributed by atoms with Crippen LogP contribution in [0.15, 0.2) is 25.3 Å². The van der Waals surface area contributed by atoms with E-state index in [-0.39, 0.29) is 11.8 Å². The summed E-state index contributed by atoms with van der Waals surface area (Å²) in [6, 6.07) is 0. The first kappa shape index (κ1) is 11.8. The Morgan fingerprint density at radius 2 is 1.65 bits per heavy atom. The van der Waals surface area contributed by atoms with Crippen LogP contribution in [-0.2, 0) is 11.3 Å². The number of nitrogens with two attached hydrogens (primary N) is 1. The van der Waals surface area contributed by atoms with E-state index >= 15 is 0 Å². The van der Waals surface area contributed by atoms with E-state index in [0.29, 0.717) is 24.2 Å². The Hall–Kier alpha value is -1.72. The molecule has 0 aromatic carbocycles. The van der Waals surface area contributed by atoms with Crippen LogP contribution in [0, 0.1) is 0 Å². The van der Waals surface area contributed by atoms with Crippen LogP contribution in [0.5, 0.6) is 11.8 Å². The van der Waals surface area contributed by atoms with Crippen molar-refractivity contribution in [3.05, 3.63) is 36.4 Å². The molecule has 5 heteroatoms. The number of ether oxygens (including phenoxy) is 1. The van der Waals surface area contributed by atoms with Crippen LogP contribution in [0.3, 0.4) is 0 Å². The van der Waals surface area contributed by atoms with Gasteiger partial charge in [-0.25, -0.2) is 0 Å². The van der Waals surface area contributed by atoms with E-state index in [1.165, 1.54) is 4.57 Å². The number of fused-ring (bicyclic) bond motifs is 1. The van der Waals surface area contributed by atoms with Crippen molar-refractivity contribution in [3.8, 4) is 11.8 Å². The predicted molar refractivity (Wildman–Crippen MR) is 63.8 cm³/mol. The van der Waals surface area contributed by atoms with Crippen molar-refractivity contribution in [2.75, 3.05) is 6.54 Å². The molecule has 0 bridgehead atoms. The molecule has 2 heterocycles. The van der Waals surface area contributed by atoms with Gasteiger partial charge in [-0.1, -0.05) is 12.2 Å². The smallest absolute Gasteiger partial charge is 0.200 e. The van der Waals surface area contributed by atoms with E-state index in [4.69, 9.17) is 10.5 Å². The van der Waals surface area contributed by atoms with Crippen LogP contribution in [0.25, 0.3) is 0 Å². The van der Waals surface area contributed by atoms with Gasteiger partial charge in [0.25, 0.3) is 0 Å². The Labute approximate surface area is 99.4 Å². The molecule has 0 saturated carbocycles. The van der Waals surface area contributed by atoms with E-state index < -0.39 is 12.2 Å². The second-order valence-corrected chi connectivity index (χ2v) is 3.86. The lowest BCUT2D eigenvalue weighted by Crippen LogP contribution is -2.10. The normalized spacial score (nSPS) is 22.4. The lowest BCUT2D eigenvalue weighted by molar-refractivity contribution is 0.0640. The van der Waals surface area contributed by atoms with Gasteiger partial charge >= 0.3 is 0 Å². The van der Waals surface area contributed by atoms with Crippen LogP contribution in [0.1, 0.15) is 23.3 Å². The number of aromatic hydroxyl groups is 2. The third-order valence-electron chi connectivity index (χ3n) is 2.93. The summed E-state index contributed by atoms with van der Waals surface area (Å²) in [5, 5.41) is 20.1. The molecular weight excluding hydrogens is 220 g/mol. The molecule has 4 N–H and O–H groups in total. The third-order valence-corrected chi connectivity index (χ3v) is 2.93. The van der Waals surface area contributed by atoms with Crippen molar-refractivity contribution in [1.82, 2.24) is 4.57 Å². The maximum Gasteiger partial charge on any atom is 0.200 e. The maximum atomic E-state index is 10.1. The molecule has 2 unspecified atom stereocenters. The summed E-state index contributed by atoms with van der Waals surface area (Å²) in [6.45, 7) is 7.97. The first-order valence-electron chi connectivity index (χ1n) is 5.40. The van der Waals surface area contributed by atoms with Crippen molar-refractivity contribution in [3.63, 3.8) is 0 Å². The van der Waals surface area contributed by atoms with Gasteiger partial charge in [0.2, 0.25) is 11.8 Å². The topological polar surface area (TPSA) is 80.6 Å². The molecular formula is C12H16N2O3.